The number of nitrogens with zero attached hydrogens (tertiary/aromatic N) is 6. The summed E-state index contributed by atoms with van der Waals surface area (Å²) in [6.45, 7) is 19.0. The van der Waals surface area contributed by atoms with Crippen molar-refractivity contribution >= 4 is 22.7 Å². The van der Waals surface area contributed by atoms with Crippen molar-refractivity contribution in [1.29, 1.82) is 0 Å². The maximum absolute atomic E-state index is 14.6. The Balaban J connectivity index is 1.05. The van der Waals surface area contributed by atoms with Gasteiger partial charge in [0.2, 0.25) is 5.91 Å². The van der Waals surface area contributed by atoms with E-state index >= 15 is 0 Å². The number of hydrogen-bond donors (Lipinski definition) is 0. The van der Waals surface area contributed by atoms with Gasteiger partial charge < -0.3 is 14.4 Å². The van der Waals surface area contributed by atoms with Crippen LogP contribution in [0.2, 0.25) is 0 Å². The van der Waals surface area contributed by atoms with Crippen molar-refractivity contribution in [3.05, 3.63) is 59.3 Å². The molecule has 0 N–H and O–H groups in total. The number of aryl methyl sites for hydroxylation is 1. The topological polar surface area (TPSA) is 64.9 Å². The minimum Gasteiger partial charge on any atom is -0.342 e. The number of hydrogen-bond acceptors (Lipinski definition) is 5. The van der Waals surface area contributed by atoms with Crippen molar-refractivity contribution in [2.45, 2.75) is 85.4 Å². The monoisotopic (exact) mass is 670 g/mol. The Morgan fingerprint density at radius 3 is 2.39 bits per heavy atom. The summed E-state index contributed by atoms with van der Waals surface area (Å²) >= 11 is 0. The SMILES string of the molecule is CC(=O)N1C[C@@H]2CN([C@H]3C[C@@H](C(C(C)C)N4CC[C@@H](Cc5cn(-c6ccc(F)cc6C(=O)N(C)C(C)C)c6cncc(C)c56)C4)C3)C[C@H]2C1. The molecule has 4 aliphatic rings. The summed E-state index contributed by atoms with van der Waals surface area (Å²) in [4.78, 5) is 39.2. The second-order valence-corrected chi connectivity index (χ2v) is 16.4. The lowest BCUT2D eigenvalue weighted by Gasteiger charge is -2.49. The highest BCUT2D eigenvalue weighted by atomic mass is 19.1. The molecular formula is C40H55FN6O2. The lowest BCUT2D eigenvalue weighted by Crippen LogP contribution is -2.53. The summed E-state index contributed by atoms with van der Waals surface area (Å²) in [7, 11) is 1.77. The summed E-state index contributed by atoms with van der Waals surface area (Å²) in [6, 6.07) is 5.85. The van der Waals surface area contributed by atoms with Crippen molar-refractivity contribution in [2.24, 2.45) is 29.6 Å². The number of pyridine rings is 1. The molecule has 3 saturated heterocycles. The first-order valence-electron chi connectivity index (χ1n) is 18.6. The van der Waals surface area contributed by atoms with Gasteiger partial charge in [0.05, 0.1) is 23.0 Å². The van der Waals surface area contributed by atoms with Crippen LogP contribution in [0.25, 0.3) is 16.6 Å². The third-order valence-electron chi connectivity index (χ3n) is 12.6. The van der Waals surface area contributed by atoms with E-state index in [2.05, 4.69) is 51.2 Å². The molecule has 0 bridgehead atoms. The van der Waals surface area contributed by atoms with Gasteiger partial charge in [0.15, 0.2) is 0 Å². The number of carbonyl (C=O) groups is 2. The van der Waals surface area contributed by atoms with E-state index in [1.54, 1.807) is 24.9 Å². The quantitative estimate of drug-likeness (QED) is 0.278. The minimum absolute atomic E-state index is 0.00435. The Morgan fingerprint density at radius 2 is 1.73 bits per heavy atom. The van der Waals surface area contributed by atoms with Crippen LogP contribution in [0.3, 0.4) is 0 Å². The molecule has 7 rings (SSSR count). The number of amides is 2. The van der Waals surface area contributed by atoms with Crippen molar-refractivity contribution in [2.75, 3.05) is 46.3 Å². The molecule has 1 aliphatic carbocycles. The molecule has 1 saturated carbocycles. The van der Waals surface area contributed by atoms with Gasteiger partial charge in [-0.15, -0.1) is 0 Å². The standard InChI is InChI=1S/C40H55FN6O2/c1-24(2)39(29-13-34(14-29)46-21-31-19-45(27(6)48)20-32(31)22-46)44-11-10-28(18-44)12-30-23-47(37-17-42-16-26(5)38(30)37)36-9-8-33(41)15-35(36)40(49)43(7)25(3)4/h8-9,15-17,23-25,28-29,31-32,34,39H,10-14,18-22H2,1-7H3/t28-,29-,31+,32+,34+,39?/m0/s1. The highest BCUT2D eigenvalue weighted by Crippen LogP contribution is 2.44. The number of benzene rings is 1. The lowest BCUT2D eigenvalue weighted by atomic mass is 9.71. The van der Waals surface area contributed by atoms with E-state index in [1.165, 1.54) is 42.3 Å². The van der Waals surface area contributed by atoms with Crippen LogP contribution in [0.15, 0.2) is 36.8 Å². The van der Waals surface area contributed by atoms with Gasteiger partial charge in [0.1, 0.15) is 5.82 Å². The zero-order valence-corrected chi connectivity index (χ0v) is 30.5. The zero-order valence-electron chi connectivity index (χ0n) is 30.5. The molecule has 1 unspecified atom stereocenters. The maximum Gasteiger partial charge on any atom is 0.256 e. The number of rotatable bonds is 9. The highest BCUT2D eigenvalue weighted by Gasteiger charge is 2.48. The van der Waals surface area contributed by atoms with Crippen LogP contribution in [-0.2, 0) is 11.2 Å². The molecule has 264 valence electrons. The predicted octanol–water partition coefficient (Wildman–Crippen LogP) is 6.03. The van der Waals surface area contributed by atoms with E-state index < -0.39 is 5.82 Å². The summed E-state index contributed by atoms with van der Waals surface area (Å²) < 4.78 is 16.6. The first-order chi connectivity index (χ1) is 23.4. The van der Waals surface area contributed by atoms with E-state index in [9.17, 15) is 14.0 Å². The van der Waals surface area contributed by atoms with Gasteiger partial charge in [0, 0.05) is 82.6 Å². The molecule has 2 aromatic heterocycles. The molecule has 8 nitrogen and oxygen atoms in total. The molecule has 4 fully saturated rings. The van der Waals surface area contributed by atoms with Crippen LogP contribution in [-0.4, -0.2) is 105 Å². The average molecular weight is 671 g/mol. The number of likely N-dealkylation sites (tertiary alicyclic amines) is 3. The first kappa shape index (κ1) is 34.2. The second kappa shape index (κ2) is 13.4. The van der Waals surface area contributed by atoms with E-state index in [1.807, 2.05) is 26.2 Å². The maximum atomic E-state index is 14.6. The van der Waals surface area contributed by atoms with E-state index in [0.29, 0.717) is 47.0 Å². The molecule has 49 heavy (non-hydrogen) atoms. The van der Waals surface area contributed by atoms with Gasteiger partial charge in [-0.05, 0) is 112 Å². The first-order valence-corrected chi connectivity index (χ1v) is 18.6. The molecule has 0 spiro atoms. The fraction of sp³-hybridized carbons (Fsp3) is 0.625. The van der Waals surface area contributed by atoms with E-state index in [4.69, 9.17) is 0 Å². The Hall–Kier alpha value is -3.30. The molecule has 1 aromatic carbocycles. The summed E-state index contributed by atoms with van der Waals surface area (Å²) in [5.74, 6) is 2.84. The molecule has 0 radical (unpaired) electrons. The van der Waals surface area contributed by atoms with Crippen LogP contribution in [0.4, 0.5) is 4.39 Å². The molecule has 2 amide bonds. The Bertz CT molecular complexity index is 1700. The molecular weight excluding hydrogens is 615 g/mol. The normalized spacial score (nSPS) is 26.6. The smallest absolute Gasteiger partial charge is 0.256 e. The third-order valence-corrected chi connectivity index (χ3v) is 12.6. The van der Waals surface area contributed by atoms with Crippen molar-refractivity contribution in [3.8, 4) is 5.69 Å². The Kier molecular flexibility index (Phi) is 9.37. The molecule has 9 heteroatoms. The van der Waals surface area contributed by atoms with E-state index in [-0.39, 0.29) is 17.9 Å². The molecule has 3 aromatic rings. The zero-order chi connectivity index (χ0) is 34.7. The van der Waals surface area contributed by atoms with Gasteiger partial charge in [-0.2, -0.15) is 0 Å². The van der Waals surface area contributed by atoms with Gasteiger partial charge in [-0.3, -0.25) is 24.4 Å². The number of aromatic nitrogens is 2. The van der Waals surface area contributed by atoms with Crippen LogP contribution in [0.1, 0.15) is 75.4 Å². The van der Waals surface area contributed by atoms with Gasteiger partial charge in [-0.1, -0.05) is 13.8 Å². The largest absolute Gasteiger partial charge is 0.342 e. The number of halogens is 1. The fourth-order valence-electron chi connectivity index (χ4n) is 9.78. The molecule has 4 atom stereocenters. The van der Waals surface area contributed by atoms with Crippen LogP contribution in [0.5, 0.6) is 0 Å². The van der Waals surface area contributed by atoms with E-state index in [0.717, 1.165) is 62.7 Å². The Morgan fingerprint density at radius 1 is 1.02 bits per heavy atom. The van der Waals surface area contributed by atoms with Gasteiger partial charge in [-0.25, -0.2) is 4.39 Å². The summed E-state index contributed by atoms with van der Waals surface area (Å²) in [5, 5.41) is 1.19. The minimum atomic E-state index is -0.414. The number of fused-ring (bicyclic) bond motifs is 2. The fourth-order valence-corrected chi connectivity index (χ4v) is 9.78. The van der Waals surface area contributed by atoms with Gasteiger partial charge in [0.25, 0.3) is 5.91 Å². The van der Waals surface area contributed by atoms with Crippen molar-refractivity contribution in [3.63, 3.8) is 0 Å². The Labute approximate surface area is 291 Å². The number of carbonyl (C=O) groups excluding carboxylic acids is 2. The van der Waals surface area contributed by atoms with Gasteiger partial charge >= 0.3 is 0 Å². The predicted molar refractivity (Wildman–Crippen MR) is 192 cm³/mol. The van der Waals surface area contributed by atoms with Crippen molar-refractivity contribution < 1.29 is 14.0 Å². The van der Waals surface area contributed by atoms with Crippen LogP contribution < -0.4 is 0 Å². The average Bonchev–Trinajstić information content (AvgIpc) is 3.81. The van der Waals surface area contributed by atoms with Crippen LogP contribution >= 0.6 is 0 Å². The third kappa shape index (κ3) is 6.42. The highest BCUT2D eigenvalue weighted by molar-refractivity contribution is 5.99. The summed E-state index contributed by atoms with van der Waals surface area (Å²) in [5.41, 5.74) is 4.40. The second-order valence-electron chi connectivity index (χ2n) is 16.4. The molecule has 5 heterocycles. The summed E-state index contributed by atoms with van der Waals surface area (Å²) in [6.07, 6.45) is 10.7. The molecule has 3 aliphatic heterocycles. The van der Waals surface area contributed by atoms with Crippen molar-refractivity contribution in [1.82, 2.24) is 29.2 Å². The lowest BCUT2D eigenvalue weighted by molar-refractivity contribution is -0.128. The van der Waals surface area contributed by atoms with Crippen LogP contribution in [0, 0.1) is 42.3 Å².